The third-order valence-electron chi connectivity index (χ3n) is 3.30. The van der Waals surface area contributed by atoms with Crippen LogP contribution in [-0.2, 0) is 6.54 Å². The van der Waals surface area contributed by atoms with Gasteiger partial charge < -0.3 is 5.73 Å². The topological polar surface area (TPSA) is 26.0 Å². The van der Waals surface area contributed by atoms with Crippen LogP contribution in [0, 0.1) is 0 Å². The monoisotopic (exact) mass is 233 g/mol. The second-order valence-electron chi connectivity index (χ2n) is 4.42. The number of benzene rings is 3. The lowest BCUT2D eigenvalue weighted by Crippen LogP contribution is -1.96. The molecule has 0 saturated heterocycles. The largest absolute Gasteiger partial charge is 0.326 e. The maximum Gasteiger partial charge on any atom is 0.0184 e. The Morgan fingerprint density at radius 3 is 2.33 bits per heavy atom. The number of fused-ring (bicyclic) bond motifs is 1. The average Bonchev–Trinajstić information content (AvgIpc) is 2.47. The highest BCUT2D eigenvalue weighted by Crippen LogP contribution is 2.26. The molecule has 0 saturated carbocycles. The summed E-state index contributed by atoms with van der Waals surface area (Å²) in [4.78, 5) is 0. The van der Waals surface area contributed by atoms with E-state index in [4.69, 9.17) is 5.73 Å². The fourth-order valence-electron chi connectivity index (χ4n) is 2.34. The van der Waals surface area contributed by atoms with Crippen LogP contribution in [0.15, 0.2) is 66.7 Å². The summed E-state index contributed by atoms with van der Waals surface area (Å²) >= 11 is 0. The molecule has 0 radical (unpaired) electrons. The fraction of sp³-hybridized carbons (Fsp3) is 0.0588. The van der Waals surface area contributed by atoms with Gasteiger partial charge in [-0.2, -0.15) is 0 Å². The van der Waals surface area contributed by atoms with E-state index in [-0.39, 0.29) is 0 Å². The first-order chi connectivity index (χ1) is 8.88. The molecule has 1 heteroatoms. The Hall–Kier alpha value is -2.12. The summed E-state index contributed by atoms with van der Waals surface area (Å²) in [6.07, 6.45) is 0. The molecule has 0 atom stereocenters. The number of hydrogen-bond donors (Lipinski definition) is 1. The van der Waals surface area contributed by atoms with Crippen LogP contribution < -0.4 is 5.73 Å². The Balaban J connectivity index is 2.18. The number of nitrogens with two attached hydrogens (primary N) is 1. The molecule has 0 aliphatic heterocycles. The molecule has 2 N–H and O–H groups in total. The third kappa shape index (κ3) is 1.89. The van der Waals surface area contributed by atoms with Gasteiger partial charge in [0.25, 0.3) is 0 Å². The Kier molecular flexibility index (Phi) is 2.83. The van der Waals surface area contributed by atoms with E-state index in [1.807, 2.05) is 6.07 Å². The normalized spacial score (nSPS) is 10.7. The van der Waals surface area contributed by atoms with Crippen molar-refractivity contribution in [1.82, 2.24) is 0 Å². The van der Waals surface area contributed by atoms with E-state index < -0.39 is 0 Å². The van der Waals surface area contributed by atoms with Crippen LogP contribution in [0.2, 0.25) is 0 Å². The molecule has 0 fully saturated rings. The molecule has 0 unspecified atom stereocenters. The zero-order chi connectivity index (χ0) is 12.4. The molecule has 3 aromatic rings. The highest BCUT2D eigenvalue weighted by molar-refractivity contribution is 5.89. The first-order valence-corrected chi connectivity index (χ1v) is 6.15. The Morgan fingerprint density at radius 1 is 0.722 bits per heavy atom. The summed E-state index contributed by atoms with van der Waals surface area (Å²) in [6, 6.07) is 23.3. The van der Waals surface area contributed by atoms with E-state index in [0.717, 1.165) is 0 Å². The van der Waals surface area contributed by atoms with Crippen LogP contribution >= 0.6 is 0 Å². The van der Waals surface area contributed by atoms with Gasteiger partial charge >= 0.3 is 0 Å². The highest BCUT2D eigenvalue weighted by atomic mass is 14.5. The summed E-state index contributed by atoms with van der Waals surface area (Å²) in [5.74, 6) is 0. The quantitative estimate of drug-likeness (QED) is 0.712. The third-order valence-corrected chi connectivity index (χ3v) is 3.30. The van der Waals surface area contributed by atoms with Gasteiger partial charge in [0.05, 0.1) is 0 Å². The van der Waals surface area contributed by atoms with Crippen LogP contribution in [0.1, 0.15) is 5.56 Å². The molecule has 0 amide bonds. The zero-order valence-corrected chi connectivity index (χ0v) is 10.1. The molecule has 18 heavy (non-hydrogen) atoms. The Labute approximate surface area is 107 Å². The first kappa shape index (κ1) is 11.0. The number of rotatable bonds is 2. The molecule has 0 spiro atoms. The van der Waals surface area contributed by atoms with Gasteiger partial charge in [-0.25, -0.2) is 0 Å². The molecule has 88 valence electrons. The molecule has 0 aliphatic rings. The van der Waals surface area contributed by atoms with Gasteiger partial charge in [-0.15, -0.1) is 0 Å². The first-order valence-electron chi connectivity index (χ1n) is 6.15. The van der Waals surface area contributed by atoms with E-state index in [2.05, 4.69) is 60.7 Å². The molecule has 3 rings (SSSR count). The van der Waals surface area contributed by atoms with Crippen molar-refractivity contribution in [2.45, 2.75) is 6.54 Å². The second kappa shape index (κ2) is 4.63. The molecular weight excluding hydrogens is 218 g/mol. The van der Waals surface area contributed by atoms with Crippen molar-refractivity contribution in [3.8, 4) is 11.1 Å². The molecule has 0 bridgehead atoms. The maximum atomic E-state index is 5.77. The van der Waals surface area contributed by atoms with Gasteiger partial charge in [-0.3, -0.25) is 0 Å². The van der Waals surface area contributed by atoms with E-state index in [9.17, 15) is 0 Å². The van der Waals surface area contributed by atoms with Crippen molar-refractivity contribution in [3.63, 3.8) is 0 Å². The maximum absolute atomic E-state index is 5.77. The van der Waals surface area contributed by atoms with Gasteiger partial charge in [-0.05, 0) is 33.5 Å². The van der Waals surface area contributed by atoms with Crippen molar-refractivity contribution < 1.29 is 0 Å². The van der Waals surface area contributed by atoms with Gasteiger partial charge in [0.2, 0.25) is 0 Å². The van der Waals surface area contributed by atoms with Crippen LogP contribution in [0.25, 0.3) is 21.9 Å². The van der Waals surface area contributed by atoms with Crippen molar-refractivity contribution >= 4 is 10.8 Å². The van der Waals surface area contributed by atoms with Crippen molar-refractivity contribution in [3.05, 3.63) is 72.3 Å². The zero-order valence-electron chi connectivity index (χ0n) is 10.1. The molecular formula is C17H15N. The lowest BCUT2D eigenvalue weighted by Gasteiger charge is -2.07. The fourth-order valence-corrected chi connectivity index (χ4v) is 2.34. The van der Waals surface area contributed by atoms with Crippen LogP contribution in [-0.4, -0.2) is 0 Å². The minimum Gasteiger partial charge on any atom is -0.326 e. The van der Waals surface area contributed by atoms with Gasteiger partial charge in [0.1, 0.15) is 0 Å². The van der Waals surface area contributed by atoms with Crippen molar-refractivity contribution in [1.29, 1.82) is 0 Å². The van der Waals surface area contributed by atoms with Gasteiger partial charge in [0.15, 0.2) is 0 Å². The minimum absolute atomic E-state index is 0.585. The van der Waals surface area contributed by atoms with Gasteiger partial charge in [0, 0.05) is 6.54 Å². The predicted octanol–water partition coefficient (Wildman–Crippen LogP) is 3.97. The van der Waals surface area contributed by atoms with Crippen LogP contribution in [0.4, 0.5) is 0 Å². The Bertz CT molecular complexity index is 672. The van der Waals surface area contributed by atoms with Gasteiger partial charge in [-0.1, -0.05) is 60.7 Å². The minimum atomic E-state index is 0.585. The summed E-state index contributed by atoms with van der Waals surface area (Å²) in [5.41, 5.74) is 9.46. The predicted molar refractivity (Wildman–Crippen MR) is 77.3 cm³/mol. The molecule has 0 aromatic heterocycles. The van der Waals surface area contributed by atoms with E-state index >= 15 is 0 Å². The lowest BCUT2D eigenvalue weighted by atomic mass is 9.99. The average molecular weight is 233 g/mol. The molecule has 3 aromatic carbocycles. The summed E-state index contributed by atoms with van der Waals surface area (Å²) in [5, 5.41) is 2.50. The van der Waals surface area contributed by atoms with Crippen molar-refractivity contribution in [2.24, 2.45) is 5.73 Å². The van der Waals surface area contributed by atoms with Crippen LogP contribution in [0.5, 0.6) is 0 Å². The lowest BCUT2D eigenvalue weighted by molar-refractivity contribution is 1.09. The highest BCUT2D eigenvalue weighted by Gasteiger charge is 2.02. The van der Waals surface area contributed by atoms with E-state index in [1.54, 1.807) is 0 Å². The SMILES string of the molecule is NCc1cccc2cc(-c3ccccc3)ccc12. The smallest absolute Gasteiger partial charge is 0.0184 e. The molecule has 0 aliphatic carbocycles. The molecule has 1 nitrogen and oxygen atoms in total. The Morgan fingerprint density at radius 2 is 1.56 bits per heavy atom. The summed E-state index contributed by atoms with van der Waals surface area (Å²) in [6.45, 7) is 0.585. The molecule has 0 heterocycles. The standard InChI is InChI=1S/C17H15N/c18-12-16-8-4-7-15-11-14(9-10-17(15)16)13-5-2-1-3-6-13/h1-11H,12,18H2. The second-order valence-corrected chi connectivity index (χ2v) is 4.42. The van der Waals surface area contributed by atoms with E-state index in [0.29, 0.717) is 6.54 Å². The number of hydrogen-bond acceptors (Lipinski definition) is 1. The van der Waals surface area contributed by atoms with Crippen LogP contribution in [0.3, 0.4) is 0 Å². The summed E-state index contributed by atoms with van der Waals surface area (Å²) in [7, 11) is 0. The van der Waals surface area contributed by atoms with E-state index in [1.165, 1.54) is 27.5 Å². The summed E-state index contributed by atoms with van der Waals surface area (Å²) < 4.78 is 0. The van der Waals surface area contributed by atoms with Crippen molar-refractivity contribution in [2.75, 3.05) is 0 Å².